The Bertz CT molecular complexity index is 1330. The minimum atomic E-state index is -3.74. The van der Waals surface area contributed by atoms with Gasteiger partial charge in [0, 0.05) is 10.1 Å². The Balaban J connectivity index is 1.47. The van der Waals surface area contributed by atoms with Gasteiger partial charge in [0.1, 0.15) is 0 Å². The van der Waals surface area contributed by atoms with Gasteiger partial charge in [-0.1, -0.05) is 47.5 Å². The summed E-state index contributed by atoms with van der Waals surface area (Å²) >= 11 is 1.62. The Morgan fingerprint density at radius 2 is 1.26 bits per heavy atom. The summed E-state index contributed by atoms with van der Waals surface area (Å²) in [5.74, 6) is 2.44. The smallest absolute Gasteiger partial charge is 0.183 e. The summed E-state index contributed by atoms with van der Waals surface area (Å²) in [6.07, 6.45) is 5.97. The van der Waals surface area contributed by atoms with E-state index in [9.17, 15) is 13.2 Å². The SMILES string of the molecule is CC12C(=O)C(C)(C3=C1C1CC4CC(C1)CC3C4)C(S(=O)(=O)c1ccccc1)C2Sc1ccccc1. The predicted octanol–water partition coefficient (Wildman–Crippen LogP) is 6.35. The van der Waals surface area contributed by atoms with Crippen LogP contribution < -0.4 is 0 Å². The molecular weight excluding hydrogens is 472 g/mol. The number of hydrogen-bond donors (Lipinski definition) is 0. The number of carbonyl (C=O) groups excluding carboxylic acids is 1. The van der Waals surface area contributed by atoms with Crippen molar-refractivity contribution in [1.29, 1.82) is 0 Å². The van der Waals surface area contributed by atoms with Gasteiger partial charge in [0.2, 0.25) is 0 Å². The zero-order valence-corrected chi connectivity index (χ0v) is 21.9. The lowest BCUT2D eigenvalue weighted by Crippen LogP contribution is -2.48. The third-order valence-electron chi connectivity index (χ3n) is 10.1. The number of sulfone groups is 1. The van der Waals surface area contributed by atoms with Crippen LogP contribution in [-0.4, -0.2) is 24.7 Å². The van der Waals surface area contributed by atoms with Gasteiger partial charge in [-0.05, 0) is 93.9 Å². The first kappa shape index (κ1) is 22.4. The molecule has 0 amide bonds. The minimum Gasteiger partial charge on any atom is -0.298 e. The number of ketones is 1. The lowest BCUT2D eigenvalue weighted by Gasteiger charge is -2.43. The predicted molar refractivity (Wildman–Crippen MR) is 139 cm³/mol. The van der Waals surface area contributed by atoms with Crippen LogP contribution in [0.4, 0.5) is 0 Å². The van der Waals surface area contributed by atoms with Crippen LogP contribution >= 0.6 is 11.8 Å². The molecule has 0 aliphatic heterocycles. The molecule has 0 heterocycles. The van der Waals surface area contributed by atoms with Crippen LogP contribution in [0.15, 0.2) is 81.6 Å². The Labute approximate surface area is 212 Å². The molecule has 0 N–H and O–H groups in total. The van der Waals surface area contributed by atoms with Crippen LogP contribution in [-0.2, 0) is 14.6 Å². The molecule has 0 aromatic heterocycles. The average molecular weight is 505 g/mol. The second kappa shape index (κ2) is 7.35. The van der Waals surface area contributed by atoms with Gasteiger partial charge in [-0.15, -0.1) is 11.8 Å². The molecule has 182 valence electrons. The first-order valence-electron chi connectivity index (χ1n) is 13.1. The van der Waals surface area contributed by atoms with Crippen molar-refractivity contribution < 1.29 is 13.2 Å². The molecule has 0 radical (unpaired) electrons. The molecule has 3 nitrogen and oxygen atoms in total. The van der Waals surface area contributed by atoms with E-state index in [2.05, 4.69) is 19.1 Å². The molecule has 6 aliphatic carbocycles. The number of thioether (sulfide) groups is 1. The van der Waals surface area contributed by atoms with Gasteiger partial charge < -0.3 is 0 Å². The number of Topliss-reactive ketones (excluding diaryl/α,β-unsaturated/α-hetero) is 1. The summed E-state index contributed by atoms with van der Waals surface area (Å²) in [7, 11) is -3.74. The molecule has 3 fully saturated rings. The van der Waals surface area contributed by atoms with Gasteiger partial charge in [0.15, 0.2) is 15.6 Å². The largest absolute Gasteiger partial charge is 0.298 e. The van der Waals surface area contributed by atoms with E-state index in [0.717, 1.165) is 29.6 Å². The quantitative estimate of drug-likeness (QED) is 0.455. The summed E-state index contributed by atoms with van der Waals surface area (Å²) in [5.41, 5.74) is 0.942. The highest BCUT2D eigenvalue weighted by molar-refractivity contribution is 8.01. The molecule has 6 aliphatic rings. The Morgan fingerprint density at radius 3 is 1.83 bits per heavy atom. The van der Waals surface area contributed by atoms with Crippen LogP contribution in [0.3, 0.4) is 0 Å². The van der Waals surface area contributed by atoms with Crippen molar-refractivity contribution >= 4 is 27.4 Å². The van der Waals surface area contributed by atoms with Crippen LogP contribution in [0.5, 0.6) is 0 Å². The molecule has 2 aromatic rings. The standard InChI is InChI=1S/C30H32O3S2/c1-29-24-20-14-18-13-19(15-20)17-21(16-18)25(24)30(2,28(29)31)27(26(29)34-22-9-5-3-6-10-22)35(32,33)23-11-7-4-8-12-23/h3-12,18-21,26-27H,13-17H2,1-2H3. The molecule has 5 heteroatoms. The molecule has 2 aromatic carbocycles. The van der Waals surface area contributed by atoms with Crippen LogP contribution in [0.1, 0.15) is 46.0 Å². The van der Waals surface area contributed by atoms with Gasteiger partial charge in [0.05, 0.1) is 21.0 Å². The van der Waals surface area contributed by atoms with E-state index < -0.39 is 25.9 Å². The Morgan fingerprint density at radius 1 is 0.743 bits per heavy atom. The van der Waals surface area contributed by atoms with E-state index >= 15 is 0 Å². The lowest BCUT2D eigenvalue weighted by molar-refractivity contribution is -0.128. The lowest BCUT2D eigenvalue weighted by atomic mass is 9.63. The number of allylic oxidation sites excluding steroid dienone is 2. The number of carbonyl (C=O) groups is 1. The maximum absolute atomic E-state index is 14.6. The number of hydrogen-bond acceptors (Lipinski definition) is 4. The van der Waals surface area contributed by atoms with Crippen molar-refractivity contribution in [3.8, 4) is 0 Å². The Kier molecular flexibility index (Phi) is 4.69. The molecule has 8 rings (SSSR count). The molecule has 6 atom stereocenters. The summed E-state index contributed by atoms with van der Waals surface area (Å²) in [6, 6.07) is 18.9. The Hall–Kier alpha value is -1.85. The number of rotatable bonds is 4. The third-order valence-corrected chi connectivity index (χ3v) is 14.2. The molecule has 6 unspecified atom stereocenters. The van der Waals surface area contributed by atoms with Crippen molar-refractivity contribution in [3.63, 3.8) is 0 Å². The van der Waals surface area contributed by atoms with E-state index in [1.165, 1.54) is 30.4 Å². The highest BCUT2D eigenvalue weighted by Crippen LogP contribution is 2.73. The van der Waals surface area contributed by atoms with Crippen LogP contribution in [0, 0.1) is 34.5 Å². The summed E-state index contributed by atoms with van der Waals surface area (Å²) < 4.78 is 28.9. The van der Waals surface area contributed by atoms with Crippen molar-refractivity contribution in [2.75, 3.05) is 0 Å². The molecule has 0 spiro atoms. The monoisotopic (exact) mass is 504 g/mol. The van der Waals surface area contributed by atoms with Gasteiger partial charge >= 0.3 is 0 Å². The van der Waals surface area contributed by atoms with E-state index in [0.29, 0.717) is 16.7 Å². The van der Waals surface area contributed by atoms with E-state index in [1.807, 2.05) is 31.2 Å². The fourth-order valence-corrected chi connectivity index (χ4v) is 13.5. The first-order chi connectivity index (χ1) is 16.8. The molecule has 3 saturated carbocycles. The average Bonchev–Trinajstić information content (AvgIpc) is 3.00. The van der Waals surface area contributed by atoms with Gasteiger partial charge in [0.25, 0.3) is 0 Å². The van der Waals surface area contributed by atoms with Crippen molar-refractivity contribution in [2.45, 2.75) is 66.2 Å². The number of fused-ring (bicyclic) bond motifs is 2. The topological polar surface area (TPSA) is 51.2 Å². The van der Waals surface area contributed by atoms with Crippen molar-refractivity contribution in [2.24, 2.45) is 34.5 Å². The fraction of sp³-hybridized carbons (Fsp3) is 0.500. The van der Waals surface area contributed by atoms with Crippen molar-refractivity contribution in [1.82, 2.24) is 0 Å². The molecular formula is C30H32O3S2. The molecule has 35 heavy (non-hydrogen) atoms. The van der Waals surface area contributed by atoms with Crippen LogP contribution in [0.25, 0.3) is 0 Å². The highest BCUT2D eigenvalue weighted by atomic mass is 32.2. The van der Waals surface area contributed by atoms with Gasteiger partial charge in [-0.3, -0.25) is 4.79 Å². The van der Waals surface area contributed by atoms with Gasteiger partial charge in [-0.25, -0.2) is 8.42 Å². The molecule has 6 bridgehead atoms. The maximum Gasteiger partial charge on any atom is 0.183 e. The molecule has 0 saturated heterocycles. The van der Waals surface area contributed by atoms with E-state index in [-0.39, 0.29) is 11.0 Å². The van der Waals surface area contributed by atoms with Crippen LogP contribution in [0.2, 0.25) is 0 Å². The second-order valence-corrected chi connectivity index (χ2v) is 15.3. The number of benzene rings is 2. The van der Waals surface area contributed by atoms with E-state index in [1.54, 1.807) is 36.0 Å². The van der Waals surface area contributed by atoms with Crippen molar-refractivity contribution in [3.05, 3.63) is 71.8 Å². The zero-order chi connectivity index (χ0) is 24.2. The fourth-order valence-electron chi connectivity index (χ4n) is 9.18. The minimum absolute atomic E-state index is 0.167. The zero-order valence-electron chi connectivity index (χ0n) is 20.3. The summed E-state index contributed by atoms with van der Waals surface area (Å²) in [5, 5.41) is -1.09. The summed E-state index contributed by atoms with van der Waals surface area (Å²) in [6.45, 7) is 4.13. The normalized spacial score (nSPS) is 41.4. The first-order valence-corrected chi connectivity index (χ1v) is 15.5. The maximum atomic E-state index is 14.6. The van der Waals surface area contributed by atoms with Gasteiger partial charge in [-0.2, -0.15) is 0 Å². The third kappa shape index (κ3) is 2.80. The van der Waals surface area contributed by atoms with E-state index in [4.69, 9.17) is 0 Å². The summed E-state index contributed by atoms with van der Waals surface area (Å²) in [4.78, 5) is 16.0. The second-order valence-electron chi connectivity index (χ2n) is 12.0. The highest BCUT2D eigenvalue weighted by Gasteiger charge is 2.77.